The van der Waals surface area contributed by atoms with Crippen molar-refractivity contribution >= 4 is 18.1 Å². The normalized spacial score (nSPS) is 12.1. The predicted molar refractivity (Wildman–Crippen MR) is 97.1 cm³/mol. The number of aldehydes is 1. The van der Waals surface area contributed by atoms with E-state index in [2.05, 4.69) is 17.2 Å². The summed E-state index contributed by atoms with van der Waals surface area (Å²) in [6.07, 6.45) is -0.456. The Morgan fingerprint density at radius 1 is 1.07 bits per heavy atom. The Hall–Kier alpha value is -3.47. The van der Waals surface area contributed by atoms with Crippen LogP contribution >= 0.6 is 0 Å². The molecule has 0 bridgehead atoms. The first kappa shape index (κ1) is 19.8. The Kier molecular flexibility index (Phi) is 6.83. The number of hydrogen-bond acceptors (Lipinski definition) is 5. The van der Waals surface area contributed by atoms with Gasteiger partial charge in [0.05, 0.1) is 6.10 Å². The van der Waals surface area contributed by atoms with Crippen molar-refractivity contribution in [2.24, 2.45) is 0 Å². The van der Waals surface area contributed by atoms with Crippen LogP contribution in [0.3, 0.4) is 0 Å². The minimum Gasteiger partial charge on any atom is -0.391 e. The topological polar surface area (TPSA) is 116 Å². The van der Waals surface area contributed by atoms with Crippen LogP contribution < -0.4 is 10.8 Å². The molecule has 2 amide bonds. The van der Waals surface area contributed by atoms with Crippen molar-refractivity contribution in [3.8, 4) is 11.8 Å². The molecule has 138 valence electrons. The summed E-state index contributed by atoms with van der Waals surface area (Å²) >= 11 is 0. The van der Waals surface area contributed by atoms with E-state index in [0.717, 1.165) is 6.29 Å². The molecule has 2 rings (SSSR count). The first-order chi connectivity index (χ1) is 13.0. The van der Waals surface area contributed by atoms with E-state index in [9.17, 15) is 19.5 Å². The SMILES string of the molecule is C[C@@H](O)[C@H](NC(=O)c1ccc(C#Cc2ccccc2C=O)cc1)C(=O)NO. The summed E-state index contributed by atoms with van der Waals surface area (Å²) in [5.41, 5.74) is 3.38. The number of hydrogen-bond donors (Lipinski definition) is 4. The number of benzene rings is 2. The van der Waals surface area contributed by atoms with Gasteiger partial charge in [-0.15, -0.1) is 0 Å². The van der Waals surface area contributed by atoms with E-state index in [1.165, 1.54) is 24.5 Å². The van der Waals surface area contributed by atoms with Crippen molar-refractivity contribution in [3.63, 3.8) is 0 Å². The fourth-order valence-corrected chi connectivity index (χ4v) is 2.26. The van der Waals surface area contributed by atoms with Crippen molar-refractivity contribution in [1.82, 2.24) is 10.8 Å². The summed E-state index contributed by atoms with van der Waals surface area (Å²) in [4.78, 5) is 34.7. The van der Waals surface area contributed by atoms with Crippen molar-refractivity contribution in [2.75, 3.05) is 0 Å². The molecule has 0 fully saturated rings. The molecule has 2 aromatic carbocycles. The summed E-state index contributed by atoms with van der Waals surface area (Å²) in [6.45, 7) is 1.32. The van der Waals surface area contributed by atoms with Crippen molar-refractivity contribution < 1.29 is 24.7 Å². The summed E-state index contributed by atoms with van der Waals surface area (Å²) in [7, 11) is 0. The summed E-state index contributed by atoms with van der Waals surface area (Å²) in [5, 5.41) is 20.6. The van der Waals surface area contributed by atoms with Gasteiger partial charge in [0.2, 0.25) is 0 Å². The molecule has 4 N–H and O–H groups in total. The van der Waals surface area contributed by atoms with Crippen LogP contribution in [0.1, 0.15) is 38.8 Å². The molecule has 0 unspecified atom stereocenters. The number of aliphatic hydroxyl groups is 1. The first-order valence-electron chi connectivity index (χ1n) is 8.05. The number of rotatable bonds is 5. The lowest BCUT2D eigenvalue weighted by Gasteiger charge is -2.19. The number of amides is 2. The largest absolute Gasteiger partial charge is 0.391 e. The maximum atomic E-state index is 12.2. The quantitative estimate of drug-likeness (QED) is 0.271. The number of carbonyl (C=O) groups excluding carboxylic acids is 3. The monoisotopic (exact) mass is 366 g/mol. The van der Waals surface area contributed by atoms with Crippen LogP contribution in [0.2, 0.25) is 0 Å². The predicted octanol–water partition coefficient (Wildman–Crippen LogP) is 0.883. The smallest absolute Gasteiger partial charge is 0.268 e. The molecule has 0 aliphatic carbocycles. The van der Waals surface area contributed by atoms with Gasteiger partial charge in [-0.25, -0.2) is 5.48 Å². The molecule has 0 saturated heterocycles. The molecule has 2 atom stereocenters. The van der Waals surface area contributed by atoms with E-state index in [1.54, 1.807) is 36.4 Å². The van der Waals surface area contributed by atoms with Gasteiger partial charge in [0, 0.05) is 22.3 Å². The van der Waals surface area contributed by atoms with Gasteiger partial charge in [0.15, 0.2) is 6.29 Å². The Balaban J connectivity index is 2.13. The van der Waals surface area contributed by atoms with Gasteiger partial charge in [-0.05, 0) is 37.3 Å². The second-order valence-corrected chi connectivity index (χ2v) is 5.70. The zero-order chi connectivity index (χ0) is 19.8. The van der Waals surface area contributed by atoms with Crippen molar-refractivity contribution in [2.45, 2.75) is 19.1 Å². The minimum absolute atomic E-state index is 0.255. The standard InChI is InChI=1S/C20H18N2O5/c1-13(24)18(20(26)22-27)21-19(25)16-10-7-14(8-11-16)6-9-15-4-2-3-5-17(15)12-23/h2-5,7-8,10-13,18,24,27H,1H3,(H,21,25)(H,22,26)/t13-,18+/m1/s1. The van der Waals surface area contributed by atoms with Gasteiger partial charge in [-0.2, -0.15) is 0 Å². The van der Waals surface area contributed by atoms with Gasteiger partial charge in [-0.1, -0.05) is 30.0 Å². The van der Waals surface area contributed by atoms with Crippen LogP contribution in [-0.2, 0) is 4.79 Å². The highest BCUT2D eigenvalue weighted by Gasteiger charge is 2.25. The molecule has 0 saturated carbocycles. The maximum Gasteiger partial charge on any atom is 0.268 e. The van der Waals surface area contributed by atoms with E-state index in [4.69, 9.17) is 5.21 Å². The molecule has 0 aromatic heterocycles. The van der Waals surface area contributed by atoms with Crippen LogP contribution in [0.15, 0.2) is 48.5 Å². The van der Waals surface area contributed by atoms with Crippen LogP contribution in [0, 0.1) is 11.8 Å². The number of nitrogens with one attached hydrogen (secondary N) is 2. The van der Waals surface area contributed by atoms with Crippen LogP contribution in [0.4, 0.5) is 0 Å². The average molecular weight is 366 g/mol. The Bertz CT molecular complexity index is 895. The molecular formula is C20H18N2O5. The average Bonchev–Trinajstić information content (AvgIpc) is 2.70. The van der Waals surface area contributed by atoms with Gasteiger partial charge in [-0.3, -0.25) is 19.6 Å². The summed E-state index contributed by atoms with van der Waals surface area (Å²) in [5.74, 6) is 4.30. The van der Waals surface area contributed by atoms with Crippen molar-refractivity contribution in [3.05, 3.63) is 70.8 Å². The lowest BCUT2D eigenvalue weighted by Crippen LogP contribution is -2.51. The zero-order valence-electron chi connectivity index (χ0n) is 14.5. The second-order valence-electron chi connectivity index (χ2n) is 5.70. The molecule has 0 heterocycles. The lowest BCUT2D eigenvalue weighted by atomic mass is 10.1. The van der Waals surface area contributed by atoms with Crippen LogP contribution in [-0.4, -0.2) is 40.6 Å². The van der Waals surface area contributed by atoms with Gasteiger partial charge in [0.25, 0.3) is 11.8 Å². The van der Waals surface area contributed by atoms with E-state index >= 15 is 0 Å². The number of aliphatic hydroxyl groups excluding tert-OH is 1. The van der Waals surface area contributed by atoms with E-state index in [1.807, 2.05) is 0 Å². The van der Waals surface area contributed by atoms with Crippen LogP contribution in [0.25, 0.3) is 0 Å². The highest BCUT2D eigenvalue weighted by Crippen LogP contribution is 2.07. The third-order valence-corrected chi connectivity index (χ3v) is 3.74. The molecule has 2 aromatic rings. The van der Waals surface area contributed by atoms with E-state index in [-0.39, 0.29) is 5.56 Å². The Labute approximate surface area is 156 Å². The molecule has 0 aliphatic heterocycles. The third-order valence-electron chi connectivity index (χ3n) is 3.74. The van der Waals surface area contributed by atoms with E-state index in [0.29, 0.717) is 16.7 Å². The van der Waals surface area contributed by atoms with Gasteiger partial charge in [0.1, 0.15) is 6.04 Å². The summed E-state index contributed by atoms with van der Waals surface area (Å²) in [6, 6.07) is 11.9. The van der Waals surface area contributed by atoms with Gasteiger partial charge >= 0.3 is 0 Å². The molecule has 0 spiro atoms. The highest BCUT2D eigenvalue weighted by molar-refractivity contribution is 5.97. The Morgan fingerprint density at radius 3 is 2.33 bits per heavy atom. The fraction of sp³-hybridized carbons (Fsp3) is 0.150. The minimum atomic E-state index is -1.29. The molecule has 0 radical (unpaired) electrons. The second kappa shape index (κ2) is 9.29. The van der Waals surface area contributed by atoms with Crippen molar-refractivity contribution in [1.29, 1.82) is 0 Å². The maximum absolute atomic E-state index is 12.2. The molecule has 27 heavy (non-hydrogen) atoms. The Morgan fingerprint density at radius 2 is 1.74 bits per heavy atom. The molecule has 0 aliphatic rings. The number of carbonyl (C=O) groups is 3. The highest BCUT2D eigenvalue weighted by atomic mass is 16.5. The number of hydroxylamine groups is 1. The molecular weight excluding hydrogens is 348 g/mol. The molecule has 7 heteroatoms. The summed E-state index contributed by atoms with van der Waals surface area (Å²) < 4.78 is 0. The fourth-order valence-electron chi connectivity index (χ4n) is 2.26. The van der Waals surface area contributed by atoms with Crippen LogP contribution in [0.5, 0.6) is 0 Å². The zero-order valence-corrected chi connectivity index (χ0v) is 14.5. The van der Waals surface area contributed by atoms with Gasteiger partial charge < -0.3 is 10.4 Å². The van der Waals surface area contributed by atoms with E-state index < -0.39 is 24.0 Å². The lowest BCUT2D eigenvalue weighted by molar-refractivity contribution is -0.133. The first-order valence-corrected chi connectivity index (χ1v) is 8.05. The third kappa shape index (κ3) is 5.25. The molecule has 7 nitrogen and oxygen atoms in total.